The molecule has 0 amide bonds. The van der Waals surface area contributed by atoms with Gasteiger partial charge in [-0.1, -0.05) is 72.8 Å². The van der Waals surface area contributed by atoms with Crippen molar-refractivity contribution >= 4 is 29.7 Å². The summed E-state index contributed by atoms with van der Waals surface area (Å²) >= 11 is 1.41. The highest BCUT2D eigenvalue weighted by Gasteiger charge is 2.52. The average molecular weight is 585 g/mol. The van der Waals surface area contributed by atoms with E-state index in [1.165, 1.54) is 11.8 Å². The third kappa shape index (κ3) is 7.25. The lowest BCUT2D eigenvalue weighted by Gasteiger charge is -2.43. The summed E-state index contributed by atoms with van der Waals surface area (Å²) in [5, 5.41) is 11.1. The third-order valence-corrected chi connectivity index (χ3v) is 7.63. The number of hydrogen-bond acceptors (Lipinski definition) is 9. The molecule has 42 heavy (non-hydrogen) atoms. The SMILES string of the molecule is O=C(O[C@@H]1[C@@H](OC(=O)c2ccccc2)[C@@H](O)O[C@H](CSc2ccccc2)[C@H]1OC(=O)c1ccccc1)c1ccccc1. The molecule has 5 atom stereocenters. The molecule has 9 heteroatoms. The zero-order valence-electron chi connectivity index (χ0n) is 22.4. The van der Waals surface area contributed by atoms with Crippen molar-refractivity contribution in [2.75, 3.05) is 5.75 Å². The molecule has 4 aromatic rings. The van der Waals surface area contributed by atoms with Crippen molar-refractivity contribution in [3.8, 4) is 0 Å². The molecule has 4 aromatic carbocycles. The fraction of sp³-hybridized carbons (Fsp3) is 0.182. The molecule has 5 rings (SSSR count). The van der Waals surface area contributed by atoms with Crippen molar-refractivity contribution in [2.24, 2.45) is 0 Å². The first-order valence-electron chi connectivity index (χ1n) is 13.3. The van der Waals surface area contributed by atoms with Gasteiger partial charge in [-0.3, -0.25) is 0 Å². The van der Waals surface area contributed by atoms with E-state index in [0.29, 0.717) is 0 Å². The number of thioether (sulfide) groups is 1. The molecule has 0 spiro atoms. The molecule has 1 fully saturated rings. The number of carbonyl (C=O) groups excluding carboxylic acids is 3. The molecule has 8 nitrogen and oxygen atoms in total. The first-order valence-corrected chi connectivity index (χ1v) is 14.3. The highest BCUT2D eigenvalue weighted by atomic mass is 32.2. The Labute approximate surface area is 247 Å². The molecular formula is C33H28O8S. The van der Waals surface area contributed by atoms with Crippen LogP contribution in [0, 0.1) is 0 Å². The summed E-state index contributed by atoms with van der Waals surface area (Å²) in [6, 6.07) is 34.2. The fourth-order valence-electron chi connectivity index (χ4n) is 4.42. The Morgan fingerprint density at radius 2 is 0.952 bits per heavy atom. The minimum absolute atomic E-state index is 0.220. The standard InChI is InChI=1S/C33H28O8S/c34-30(22-13-5-1-6-14-22)39-27-26(21-42-25-19-11-4-12-20-25)38-33(37)29(41-32(36)24-17-9-3-10-18-24)28(27)40-31(35)23-15-7-2-8-16-23/h1-20,26-29,33,37H,21H2/t26-,27-,28+,29-,33+/m1/s1. The predicted octanol–water partition coefficient (Wildman–Crippen LogP) is 5.17. The molecule has 214 valence electrons. The zero-order valence-corrected chi connectivity index (χ0v) is 23.2. The number of aliphatic hydroxyl groups excluding tert-OH is 1. The Morgan fingerprint density at radius 3 is 1.40 bits per heavy atom. The Balaban J connectivity index is 1.48. The van der Waals surface area contributed by atoms with Crippen LogP contribution in [0.5, 0.6) is 0 Å². The Morgan fingerprint density at radius 1 is 0.571 bits per heavy atom. The van der Waals surface area contributed by atoms with E-state index in [9.17, 15) is 19.5 Å². The van der Waals surface area contributed by atoms with Gasteiger partial charge in [0.15, 0.2) is 24.6 Å². The van der Waals surface area contributed by atoms with Crippen LogP contribution in [0.25, 0.3) is 0 Å². The summed E-state index contributed by atoms with van der Waals surface area (Å²) in [6.07, 6.45) is -6.75. The highest BCUT2D eigenvalue weighted by Crippen LogP contribution is 2.32. The topological polar surface area (TPSA) is 108 Å². The molecule has 0 aromatic heterocycles. The quantitative estimate of drug-likeness (QED) is 0.162. The van der Waals surface area contributed by atoms with Crippen LogP contribution >= 0.6 is 11.8 Å². The van der Waals surface area contributed by atoms with Gasteiger partial charge in [-0.05, 0) is 48.5 Å². The first kappa shape index (κ1) is 29.1. The van der Waals surface area contributed by atoms with Gasteiger partial charge in [0.25, 0.3) is 0 Å². The Kier molecular flexibility index (Phi) is 9.66. The van der Waals surface area contributed by atoms with Gasteiger partial charge in [-0.2, -0.15) is 0 Å². The molecule has 0 radical (unpaired) electrons. The monoisotopic (exact) mass is 584 g/mol. The number of carbonyl (C=O) groups is 3. The third-order valence-electron chi connectivity index (χ3n) is 6.52. The fourth-order valence-corrected chi connectivity index (χ4v) is 5.40. The lowest BCUT2D eigenvalue weighted by Crippen LogP contribution is -2.62. The van der Waals surface area contributed by atoms with Crippen LogP contribution in [0.1, 0.15) is 31.1 Å². The van der Waals surface area contributed by atoms with Gasteiger partial charge >= 0.3 is 17.9 Å². The lowest BCUT2D eigenvalue weighted by molar-refractivity contribution is -0.274. The van der Waals surface area contributed by atoms with Crippen molar-refractivity contribution in [1.29, 1.82) is 0 Å². The molecule has 0 aliphatic carbocycles. The van der Waals surface area contributed by atoms with Gasteiger partial charge in [0.2, 0.25) is 0 Å². The van der Waals surface area contributed by atoms with Crippen molar-refractivity contribution in [3.63, 3.8) is 0 Å². The maximum Gasteiger partial charge on any atom is 0.338 e. The Bertz CT molecular complexity index is 1470. The van der Waals surface area contributed by atoms with Crippen molar-refractivity contribution in [1.82, 2.24) is 0 Å². The minimum atomic E-state index is -1.68. The maximum atomic E-state index is 13.3. The first-order chi connectivity index (χ1) is 20.5. The van der Waals surface area contributed by atoms with E-state index in [0.717, 1.165) is 4.90 Å². The van der Waals surface area contributed by atoms with Crippen LogP contribution in [0.2, 0.25) is 0 Å². The molecule has 0 unspecified atom stereocenters. The number of esters is 3. The molecule has 1 heterocycles. The number of hydrogen-bond donors (Lipinski definition) is 1. The van der Waals surface area contributed by atoms with E-state index in [1.807, 2.05) is 30.3 Å². The molecule has 0 saturated carbocycles. The second-order valence-corrected chi connectivity index (χ2v) is 10.5. The average Bonchev–Trinajstić information content (AvgIpc) is 3.04. The molecule has 1 N–H and O–H groups in total. The van der Waals surface area contributed by atoms with Crippen LogP contribution < -0.4 is 0 Å². The predicted molar refractivity (Wildman–Crippen MR) is 155 cm³/mol. The van der Waals surface area contributed by atoms with Crippen LogP contribution in [0.3, 0.4) is 0 Å². The number of rotatable bonds is 9. The van der Waals surface area contributed by atoms with E-state index in [-0.39, 0.29) is 22.4 Å². The van der Waals surface area contributed by atoms with E-state index in [1.54, 1.807) is 91.0 Å². The Hall–Kier alpha value is -4.44. The van der Waals surface area contributed by atoms with Crippen LogP contribution in [-0.2, 0) is 18.9 Å². The van der Waals surface area contributed by atoms with Crippen molar-refractivity contribution in [3.05, 3.63) is 138 Å². The molecule has 0 bridgehead atoms. The van der Waals surface area contributed by atoms with Gasteiger partial charge in [0, 0.05) is 10.6 Å². The van der Waals surface area contributed by atoms with E-state index >= 15 is 0 Å². The summed E-state index contributed by atoms with van der Waals surface area (Å²) in [5.41, 5.74) is 0.719. The van der Waals surface area contributed by atoms with Gasteiger partial charge < -0.3 is 24.1 Å². The largest absolute Gasteiger partial charge is 0.452 e. The summed E-state index contributed by atoms with van der Waals surface area (Å²) in [4.78, 5) is 40.5. The second-order valence-electron chi connectivity index (χ2n) is 9.40. The van der Waals surface area contributed by atoms with Crippen molar-refractivity contribution < 1.29 is 38.4 Å². The van der Waals surface area contributed by atoms with Crippen LogP contribution in [0.4, 0.5) is 0 Å². The normalized spacial score (nSPS) is 21.6. The van der Waals surface area contributed by atoms with Gasteiger partial charge in [0.05, 0.1) is 16.7 Å². The van der Waals surface area contributed by atoms with Gasteiger partial charge in [-0.25, -0.2) is 14.4 Å². The van der Waals surface area contributed by atoms with Gasteiger partial charge in [0.1, 0.15) is 6.10 Å². The minimum Gasteiger partial charge on any atom is -0.452 e. The summed E-state index contributed by atoms with van der Waals surface area (Å²) in [5.74, 6) is -1.98. The van der Waals surface area contributed by atoms with Crippen molar-refractivity contribution in [2.45, 2.75) is 35.6 Å². The van der Waals surface area contributed by atoms with Gasteiger partial charge in [-0.15, -0.1) is 11.8 Å². The molecule has 1 saturated heterocycles. The van der Waals surface area contributed by atoms with E-state index in [4.69, 9.17) is 18.9 Å². The summed E-state index contributed by atoms with van der Waals surface area (Å²) < 4.78 is 23.4. The summed E-state index contributed by atoms with van der Waals surface area (Å²) in [7, 11) is 0. The lowest BCUT2D eigenvalue weighted by atomic mass is 9.98. The number of aliphatic hydroxyl groups is 1. The van der Waals surface area contributed by atoms with Crippen LogP contribution in [0.15, 0.2) is 126 Å². The van der Waals surface area contributed by atoms with Crippen LogP contribution in [-0.4, -0.2) is 59.5 Å². The smallest absolute Gasteiger partial charge is 0.338 e. The zero-order chi connectivity index (χ0) is 29.3. The number of ether oxygens (including phenoxy) is 4. The highest BCUT2D eigenvalue weighted by molar-refractivity contribution is 7.99. The summed E-state index contributed by atoms with van der Waals surface area (Å²) in [6.45, 7) is 0. The van der Waals surface area contributed by atoms with E-state index < -0.39 is 48.6 Å². The molecule has 1 aliphatic rings. The molecular weight excluding hydrogens is 556 g/mol. The maximum absolute atomic E-state index is 13.3. The number of benzene rings is 4. The molecule has 1 aliphatic heterocycles. The van der Waals surface area contributed by atoms with E-state index in [2.05, 4.69) is 0 Å². The second kappa shape index (κ2) is 14.0.